The van der Waals surface area contributed by atoms with E-state index in [1.54, 1.807) is 0 Å². The quantitative estimate of drug-likeness (QED) is 0.111. The van der Waals surface area contributed by atoms with Gasteiger partial charge in [0.25, 0.3) is 0 Å². The molecular formula is C58H96O9Os. The van der Waals surface area contributed by atoms with E-state index in [1.165, 1.54) is 102 Å². The molecule has 0 spiro atoms. The van der Waals surface area contributed by atoms with Gasteiger partial charge >= 0.3 is 34.0 Å². The molecule has 9 nitrogen and oxygen atoms in total. The molecule has 0 unspecified atom stereocenters. The zero-order chi connectivity index (χ0) is 50.4. The van der Waals surface area contributed by atoms with Crippen molar-refractivity contribution in [3.63, 3.8) is 0 Å². The van der Waals surface area contributed by atoms with Crippen molar-refractivity contribution in [3.8, 4) is 0 Å². The Hall–Kier alpha value is -1.30. The number of esters is 2. The first kappa shape index (κ1) is 56.0. The van der Waals surface area contributed by atoms with Gasteiger partial charge in [-0.05, 0) is 147 Å². The van der Waals surface area contributed by atoms with Crippen LogP contribution in [0.15, 0.2) is 23.3 Å². The molecule has 6 fully saturated rings. The Morgan fingerprint density at radius 1 is 0.559 bits per heavy atom. The van der Waals surface area contributed by atoms with Crippen LogP contribution in [-0.2, 0) is 41.2 Å². The predicted octanol–water partition coefficient (Wildman–Crippen LogP) is 12.0. The van der Waals surface area contributed by atoms with Gasteiger partial charge in [-0.15, -0.1) is 0 Å². The van der Waals surface area contributed by atoms with E-state index >= 15 is 0 Å². The molecule has 8 rings (SSSR count). The zero-order valence-electron chi connectivity index (χ0n) is 44.6. The van der Waals surface area contributed by atoms with E-state index in [4.69, 9.17) is 13.0 Å². The first-order chi connectivity index (χ1) is 31.8. The zero-order valence-corrected chi connectivity index (χ0v) is 47.1. The summed E-state index contributed by atoms with van der Waals surface area (Å²) in [7, 11) is 0. The molecule has 8 aliphatic carbocycles. The third-order valence-electron chi connectivity index (χ3n) is 21.5. The Morgan fingerprint density at radius 2 is 0.912 bits per heavy atom. The van der Waals surface area contributed by atoms with E-state index in [2.05, 4.69) is 69.2 Å². The van der Waals surface area contributed by atoms with Crippen molar-refractivity contribution in [2.24, 2.45) is 80.8 Å². The Bertz CT molecular complexity index is 1700. The third kappa shape index (κ3) is 10.2. The molecule has 0 aromatic heterocycles. The number of hydrogen-bond acceptors (Lipinski definition) is 9. The molecule has 0 bridgehead atoms. The molecule has 8 aliphatic rings. The van der Waals surface area contributed by atoms with Gasteiger partial charge in [-0.25, -0.2) is 0 Å². The number of rotatable bonds is 12. The molecule has 0 aromatic carbocycles. The van der Waals surface area contributed by atoms with Crippen molar-refractivity contribution in [1.29, 1.82) is 0 Å². The second-order valence-electron chi connectivity index (χ2n) is 26.1. The standard InChI is InChI=1S/2C29H48O4.O.Os/c2*1-18(2)8-7-9-19(3)23-10-11-24-22-16-26(31)29(32)17-21(33-20(4)30)12-15-28(29,6)25(22)13-14-27(23,24)5;;/h2*16,18-19,21,23-26,31-32H,7-15,17H2,1-6H3;;/t2*19-,21+,23-,24+,25+,26+,27-,28-,29+;;/m11../s1. The van der Waals surface area contributed by atoms with Gasteiger partial charge in [0.15, 0.2) is 0 Å². The van der Waals surface area contributed by atoms with Crippen molar-refractivity contribution in [3.05, 3.63) is 23.3 Å². The molecule has 18 atom stereocenters. The molecule has 0 amide bonds. The van der Waals surface area contributed by atoms with Crippen LogP contribution in [0.2, 0.25) is 0 Å². The van der Waals surface area contributed by atoms with Crippen LogP contribution in [0, 0.1) is 80.8 Å². The fourth-order valence-corrected chi connectivity index (χ4v) is 17.8. The fourth-order valence-electron chi connectivity index (χ4n) is 17.8. The van der Waals surface area contributed by atoms with Crippen LogP contribution in [0.25, 0.3) is 0 Å². The molecule has 6 saturated carbocycles. The summed E-state index contributed by atoms with van der Waals surface area (Å²) in [4.78, 5) is 23.1. The predicted molar refractivity (Wildman–Crippen MR) is 264 cm³/mol. The molecular weight excluding hydrogens is 1030 g/mol. The molecule has 390 valence electrons. The number of aliphatic hydroxyl groups excluding tert-OH is 2. The van der Waals surface area contributed by atoms with Crippen molar-refractivity contribution in [2.45, 2.75) is 247 Å². The number of carbonyl (C=O) groups excluding carboxylic acids is 2. The Morgan fingerprint density at radius 3 is 1.24 bits per heavy atom. The number of carbonyl (C=O) groups is 2. The van der Waals surface area contributed by atoms with Crippen LogP contribution in [0.3, 0.4) is 0 Å². The van der Waals surface area contributed by atoms with Gasteiger partial charge in [-0.3, -0.25) is 9.59 Å². The van der Waals surface area contributed by atoms with Crippen LogP contribution in [0.5, 0.6) is 0 Å². The van der Waals surface area contributed by atoms with Crippen LogP contribution in [0.1, 0.15) is 212 Å². The van der Waals surface area contributed by atoms with E-state index in [-0.39, 0.29) is 35.0 Å². The number of aliphatic hydroxyl groups is 4. The van der Waals surface area contributed by atoms with Gasteiger partial charge in [0, 0.05) is 37.5 Å². The first-order valence-corrected chi connectivity index (χ1v) is 28.6. The molecule has 0 aromatic rings. The molecule has 0 radical (unpaired) electrons. The van der Waals surface area contributed by atoms with Crippen molar-refractivity contribution < 1.29 is 61.6 Å². The number of ether oxygens (including phenoxy) is 2. The number of hydrogen-bond donors (Lipinski definition) is 4. The van der Waals surface area contributed by atoms with Crippen molar-refractivity contribution >= 4 is 11.9 Å². The summed E-state index contributed by atoms with van der Waals surface area (Å²) in [5.41, 5.74) is 0.299. The second-order valence-corrected chi connectivity index (χ2v) is 26.1. The Labute approximate surface area is 422 Å². The van der Waals surface area contributed by atoms with Gasteiger partial charge in [-0.2, -0.15) is 0 Å². The molecule has 68 heavy (non-hydrogen) atoms. The average Bonchev–Trinajstić information content (AvgIpc) is 3.80. The summed E-state index contributed by atoms with van der Waals surface area (Å²) in [5, 5.41) is 46.3. The van der Waals surface area contributed by atoms with E-state index in [9.17, 15) is 30.0 Å². The fraction of sp³-hybridized carbons (Fsp3) is 0.897. The van der Waals surface area contributed by atoms with Crippen LogP contribution in [-0.4, -0.2) is 68.0 Å². The van der Waals surface area contributed by atoms with Crippen LogP contribution < -0.4 is 0 Å². The Kier molecular flexibility index (Phi) is 17.8. The summed E-state index contributed by atoms with van der Waals surface area (Å²) in [6.07, 6.45) is 23.1. The Balaban J connectivity index is 0.000000216. The molecule has 0 saturated heterocycles. The maximum absolute atomic E-state index is 11.8. The van der Waals surface area contributed by atoms with Gasteiger partial charge in [0.2, 0.25) is 0 Å². The summed E-state index contributed by atoms with van der Waals surface area (Å²) >= 11 is 0.611. The van der Waals surface area contributed by atoms with Crippen molar-refractivity contribution in [1.82, 2.24) is 0 Å². The number of allylic oxidation sites excluding steroid dienone is 2. The average molecular weight is 1130 g/mol. The first-order valence-electron chi connectivity index (χ1n) is 27.6. The SMILES string of the molecule is CC(=O)O[C@H]1CC[C@]2(C)[C@H]3CC[C@]4(C)[C@@H]([C@H](C)CCCC(C)C)CC[C@H]4C3=C[C@H](O)[C@@]2(O)C1.CC(=O)O[C@H]1CC[C@]2(C)[C@H]3CC[C@]4(C)[C@@H]([C@H](C)CCCC(C)C)CC[C@H]4C3=C[C@H](O)[C@@]2(O)C1.[O]=[Os]. The second kappa shape index (κ2) is 21.7. The van der Waals surface area contributed by atoms with Crippen LogP contribution in [0.4, 0.5) is 0 Å². The summed E-state index contributed by atoms with van der Waals surface area (Å²) < 4.78 is 19.2. The van der Waals surface area contributed by atoms with Gasteiger partial charge in [0.05, 0.1) is 0 Å². The minimum absolute atomic E-state index is 0.304. The van der Waals surface area contributed by atoms with Crippen LogP contribution >= 0.6 is 0 Å². The molecule has 0 heterocycles. The van der Waals surface area contributed by atoms with Crippen molar-refractivity contribution in [2.75, 3.05) is 0 Å². The van der Waals surface area contributed by atoms with E-state index in [0.717, 1.165) is 74.0 Å². The number of fused-ring (bicyclic) bond motifs is 10. The van der Waals surface area contributed by atoms with E-state index in [1.807, 2.05) is 12.2 Å². The van der Waals surface area contributed by atoms with Gasteiger partial charge in [0.1, 0.15) is 35.6 Å². The maximum atomic E-state index is 11.8. The summed E-state index contributed by atoms with van der Waals surface area (Å²) in [6, 6.07) is 0. The summed E-state index contributed by atoms with van der Waals surface area (Å²) in [6.45, 7) is 26.5. The summed E-state index contributed by atoms with van der Waals surface area (Å²) in [5.74, 6) is 5.63. The monoisotopic (exact) mass is 1130 g/mol. The molecule has 10 heteroatoms. The van der Waals surface area contributed by atoms with E-state index < -0.39 is 23.4 Å². The third-order valence-corrected chi connectivity index (χ3v) is 21.5. The molecule has 4 N–H and O–H groups in total. The molecule has 0 aliphatic heterocycles. The minimum atomic E-state index is -1.23. The van der Waals surface area contributed by atoms with Gasteiger partial charge < -0.3 is 29.9 Å². The van der Waals surface area contributed by atoms with E-state index in [0.29, 0.717) is 65.9 Å². The topological polar surface area (TPSA) is 151 Å². The van der Waals surface area contributed by atoms with Gasteiger partial charge in [-0.1, -0.05) is 131 Å². The normalized spacial score (nSPS) is 44.3.